The van der Waals surface area contributed by atoms with Crippen LogP contribution < -0.4 is 5.32 Å². The van der Waals surface area contributed by atoms with Crippen LogP contribution >= 0.6 is 27.3 Å². The van der Waals surface area contributed by atoms with E-state index in [-0.39, 0.29) is 12.4 Å². The molecular formula is C17H15BrFNO3S. The van der Waals surface area contributed by atoms with Crippen molar-refractivity contribution in [3.8, 4) is 0 Å². The predicted octanol–water partition coefficient (Wildman–Crippen LogP) is 3.91. The minimum atomic E-state index is -0.919. The molecule has 0 aliphatic carbocycles. The maximum atomic E-state index is 12.8. The quantitative estimate of drug-likeness (QED) is 0.578. The van der Waals surface area contributed by atoms with Gasteiger partial charge in [-0.25, -0.2) is 9.18 Å². The molecule has 1 aromatic carbocycles. The first-order valence-corrected chi connectivity index (χ1v) is 8.71. The number of esters is 1. The molecule has 0 aliphatic rings. The molecule has 0 spiro atoms. The Labute approximate surface area is 151 Å². The van der Waals surface area contributed by atoms with Crippen molar-refractivity contribution >= 4 is 45.2 Å². The summed E-state index contributed by atoms with van der Waals surface area (Å²) < 4.78 is 18.8. The Morgan fingerprint density at radius 3 is 2.62 bits per heavy atom. The van der Waals surface area contributed by atoms with Crippen molar-refractivity contribution in [1.82, 2.24) is 5.32 Å². The molecule has 1 aromatic heterocycles. The van der Waals surface area contributed by atoms with Gasteiger partial charge < -0.3 is 10.1 Å². The highest BCUT2D eigenvalue weighted by molar-refractivity contribution is 9.11. The topological polar surface area (TPSA) is 55.4 Å². The maximum Gasteiger partial charge on any atom is 0.331 e. The number of amides is 1. The number of halogens is 2. The van der Waals surface area contributed by atoms with E-state index in [0.29, 0.717) is 0 Å². The highest BCUT2D eigenvalue weighted by Gasteiger charge is 2.16. The van der Waals surface area contributed by atoms with E-state index < -0.39 is 18.0 Å². The smallest absolute Gasteiger partial charge is 0.331 e. The lowest BCUT2D eigenvalue weighted by Crippen LogP contribution is -2.35. The van der Waals surface area contributed by atoms with Gasteiger partial charge >= 0.3 is 5.97 Å². The maximum absolute atomic E-state index is 12.8. The van der Waals surface area contributed by atoms with Crippen LogP contribution in [0.2, 0.25) is 0 Å². The zero-order valence-corrected chi connectivity index (χ0v) is 15.2. The average Bonchev–Trinajstić information content (AvgIpc) is 2.97. The molecule has 0 saturated carbocycles. The number of benzene rings is 1. The van der Waals surface area contributed by atoms with E-state index in [1.165, 1.54) is 36.5 Å². The summed E-state index contributed by atoms with van der Waals surface area (Å²) in [5.41, 5.74) is 0.756. The van der Waals surface area contributed by atoms with Crippen LogP contribution in [0.1, 0.15) is 17.4 Å². The van der Waals surface area contributed by atoms with Gasteiger partial charge in [0.15, 0.2) is 6.10 Å². The van der Waals surface area contributed by atoms with Gasteiger partial charge in [0.25, 0.3) is 5.91 Å². The molecule has 2 rings (SSSR count). The number of carbonyl (C=O) groups excluding carboxylic acids is 2. The fourth-order valence-corrected chi connectivity index (χ4v) is 3.10. The van der Waals surface area contributed by atoms with Gasteiger partial charge in [-0.05, 0) is 58.8 Å². The molecule has 1 atom stereocenters. The summed E-state index contributed by atoms with van der Waals surface area (Å²) in [6.45, 7) is 1.73. The monoisotopic (exact) mass is 411 g/mol. The van der Waals surface area contributed by atoms with Gasteiger partial charge in [0.05, 0.1) is 3.79 Å². The van der Waals surface area contributed by atoms with Crippen LogP contribution in [0.25, 0.3) is 6.08 Å². The number of nitrogens with one attached hydrogen (secondary N) is 1. The number of rotatable bonds is 6. The minimum absolute atomic E-state index is 0.236. The second kappa shape index (κ2) is 8.75. The molecule has 0 radical (unpaired) electrons. The second-order valence-electron chi connectivity index (χ2n) is 4.90. The van der Waals surface area contributed by atoms with Crippen LogP contribution in [0.4, 0.5) is 4.39 Å². The minimum Gasteiger partial charge on any atom is -0.449 e. The Morgan fingerprint density at radius 1 is 1.29 bits per heavy atom. The lowest BCUT2D eigenvalue weighted by molar-refractivity contribution is -0.150. The Morgan fingerprint density at radius 2 is 2.00 bits per heavy atom. The Balaban J connectivity index is 1.79. The molecule has 0 saturated heterocycles. The van der Waals surface area contributed by atoms with Gasteiger partial charge in [-0.3, -0.25) is 4.79 Å². The molecular weight excluding hydrogens is 397 g/mol. The lowest BCUT2D eigenvalue weighted by Gasteiger charge is -2.12. The summed E-state index contributed by atoms with van der Waals surface area (Å²) in [6, 6.07) is 9.53. The van der Waals surface area contributed by atoms with Crippen LogP contribution in [0, 0.1) is 5.82 Å². The Hall–Kier alpha value is -1.99. The molecule has 2 aromatic rings. The summed E-state index contributed by atoms with van der Waals surface area (Å²) in [7, 11) is 0. The van der Waals surface area contributed by atoms with Crippen LogP contribution in [-0.4, -0.2) is 18.0 Å². The highest BCUT2D eigenvalue weighted by Crippen LogP contribution is 2.22. The van der Waals surface area contributed by atoms with Crippen molar-refractivity contribution in [2.75, 3.05) is 0 Å². The molecule has 24 heavy (non-hydrogen) atoms. The first-order chi connectivity index (χ1) is 11.4. The normalized spacial score (nSPS) is 12.1. The van der Waals surface area contributed by atoms with Crippen molar-refractivity contribution in [2.45, 2.75) is 19.6 Å². The van der Waals surface area contributed by atoms with Crippen LogP contribution in [0.3, 0.4) is 0 Å². The molecule has 0 fully saturated rings. The Kier molecular flexibility index (Phi) is 6.69. The molecule has 4 nitrogen and oxygen atoms in total. The standard InChI is InChI=1S/C17H15BrFNO3S/c1-11(17(22)20-10-12-2-4-13(19)5-3-12)23-16(21)9-7-14-6-8-15(18)24-14/h2-9,11H,10H2,1H3,(H,20,22)/b9-7+/t11-/m0/s1. The van der Waals surface area contributed by atoms with E-state index in [1.54, 1.807) is 18.2 Å². The molecule has 1 heterocycles. The third kappa shape index (κ3) is 5.90. The van der Waals surface area contributed by atoms with Crippen LogP contribution in [0.5, 0.6) is 0 Å². The number of carbonyl (C=O) groups is 2. The zero-order valence-electron chi connectivity index (χ0n) is 12.8. The summed E-state index contributed by atoms with van der Waals surface area (Å²) in [6.07, 6.45) is 1.99. The lowest BCUT2D eigenvalue weighted by atomic mass is 10.2. The largest absolute Gasteiger partial charge is 0.449 e. The first-order valence-electron chi connectivity index (χ1n) is 7.10. The fourth-order valence-electron chi connectivity index (χ4n) is 1.77. The zero-order chi connectivity index (χ0) is 17.5. The van der Waals surface area contributed by atoms with Crippen molar-refractivity contribution < 1.29 is 18.7 Å². The van der Waals surface area contributed by atoms with Crippen LogP contribution in [0.15, 0.2) is 46.3 Å². The van der Waals surface area contributed by atoms with E-state index >= 15 is 0 Å². The number of ether oxygens (including phenoxy) is 1. The number of thiophene rings is 1. The molecule has 0 aliphatic heterocycles. The average molecular weight is 412 g/mol. The summed E-state index contributed by atoms with van der Waals surface area (Å²) in [5.74, 6) is -1.35. The van der Waals surface area contributed by atoms with Crippen LogP contribution in [-0.2, 0) is 20.9 Å². The second-order valence-corrected chi connectivity index (χ2v) is 7.39. The molecule has 0 bridgehead atoms. The van der Waals surface area contributed by atoms with Crippen molar-refractivity contribution in [2.24, 2.45) is 0 Å². The van der Waals surface area contributed by atoms with E-state index in [4.69, 9.17) is 4.74 Å². The predicted molar refractivity (Wildman–Crippen MR) is 94.9 cm³/mol. The van der Waals surface area contributed by atoms with Gasteiger partial charge in [-0.1, -0.05) is 12.1 Å². The van der Waals surface area contributed by atoms with Gasteiger partial charge in [0.2, 0.25) is 0 Å². The summed E-state index contributed by atoms with van der Waals surface area (Å²) in [4.78, 5) is 24.5. The van der Waals surface area contributed by atoms with Crippen molar-refractivity contribution in [1.29, 1.82) is 0 Å². The van der Waals surface area contributed by atoms with E-state index in [2.05, 4.69) is 21.2 Å². The molecule has 1 amide bonds. The highest BCUT2D eigenvalue weighted by atomic mass is 79.9. The van der Waals surface area contributed by atoms with Gasteiger partial charge in [-0.2, -0.15) is 0 Å². The first kappa shape index (κ1) is 18.4. The third-order valence-electron chi connectivity index (χ3n) is 3.02. The number of hydrogen-bond acceptors (Lipinski definition) is 4. The SMILES string of the molecule is C[C@H](OC(=O)/C=C/c1ccc(Br)s1)C(=O)NCc1ccc(F)cc1. The van der Waals surface area contributed by atoms with Crippen molar-refractivity contribution in [3.63, 3.8) is 0 Å². The molecule has 0 unspecified atom stereocenters. The fraction of sp³-hybridized carbons (Fsp3) is 0.176. The van der Waals surface area contributed by atoms with Gasteiger partial charge in [-0.15, -0.1) is 11.3 Å². The van der Waals surface area contributed by atoms with Gasteiger partial charge in [0.1, 0.15) is 5.82 Å². The Bertz CT molecular complexity index is 743. The van der Waals surface area contributed by atoms with E-state index in [0.717, 1.165) is 14.2 Å². The number of hydrogen-bond donors (Lipinski definition) is 1. The third-order valence-corrected chi connectivity index (χ3v) is 4.61. The van der Waals surface area contributed by atoms with E-state index in [9.17, 15) is 14.0 Å². The molecule has 1 N–H and O–H groups in total. The molecule has 126 valence electrons. The van der Waals surface area contributed by atoms with Gasteiger partial charge in [0, 0.05) is 17.5 Å². The van der Waals surface area contributed by atoms with Crippen molar-refractivity contribution in [3.05, 3.63) is 62.5 Å². The van der Waals surface area contributed by atoms with E-state index in [1.807, 2.05) is 12.1 Å². The summed E-state index contributed by atoms with van der Waals surface area (Å²) >= 11 is 4.81. The molecule has 7 heteroatoms. The summed E-state index contributed by atoms with van der Waals surface area (Å²) in [5, 5.41) is 2.63.